The number of benzene rings is 1. The van der Waals surface area contributed by atoms with Crippen molar-refractivity contribution in [3.05, 3.63) is 58.9 Å². The standard InChI is InChI=1S/C25H24F3N5O/c1-4-5-16-13(2)21-17(29-23(16)14-6-8-15(34)9-7-14)10-11-18-22(21)24(31-30-18)19-12-20(25(26,27)28)32-33(19)3/h6-8,10-12,15,34H,4-5,9H2,1-3H3,(H,30,31). The molecule has 0 aliphatic heterocycles. The van der Waals surface area contributed by atoms with Crippen LogP contribution in [0.25, 0.3) is 38.8 Å². The van der Waals surface area contributed by atoms with Crippen molar-refractivity contribution in [2.45, 2.75) is 45.4 Å². The summed E-state index contributed by atoms with van der Waals surface area (Å²) in [6.07, 6.45) is 2.86. The van der Waals surface area contributed by atoms with E-state index in [1.807, 2.05) is 31.2 Å². The van der Waals surface area contributed by atoms with Gasteiger partial charge in [-0.25, -0.2) is 4.98 Å². The van der Waals surface area contributed by atoms with Crippen LogP contribution in [0.3, 0.4) is 0 Å². The average Bonchev–Trinajstić information content (AvgIpc) is 3.39. The molecule has 3 heterocycles. The number of aliphatic hydroxyl groups excluding tert-OH is 1. The molecule has 34 heavy (non-hydrogen) atoms. The number of aryl methyl sites for hydroxylation is 2. The first-order chi connectivity index (χ1) is 16.2. The third-order valence-corrected chi connectivity index (χ3v) is 6.32. The zero-order chi connectivity index (χ0) is 24.2. The van der Waals surface area contributed by atoms with Crippen LogP contribution in [0, 0.1) is 6.92 Å². The lowest BCUT2D eigenvalue weighted by molar-refractivity contribution is -0.141. The Morgan fingerprint density at radius 1 is 1.21 bits per heavy atom. The van der Waals surface area contributed by atoms with Gasteiger partial charge in [0, 0.05) is 17.8 Å². The van der Waals surface area contributed by atoms with Gasteiger partial charge in [0.1, 0.15) is 5.69 Å². The summed E-state index contributed by atoms with van der Waals surface area (Å²) >= 11 is 0. The first-order valence-corrected chi connectivity index (χ1v) is 11.2. The summed E-state index contributed by atoms with van der Waals surface area (Å²) in [6, 6.07) is 4.78. The average molecular weight is 467 g/mol. The summed E-state index contributed by atoms with van der Waals surface area (Å²) in [4.78, 5) is 4.99. The number of halogens is 3. The van der Waals surface area contributed by atoms with Gasteiger partial charge in [0.15, 0.2) is 5.69 Å². The van der Waals surface area contributed by atoms with E-state index < -0.39 is 18.0 Å². The second kappa shape index (κ2) is 8.09. The number of rotatable bonds is 4. The van der Waals surface area contributed by atoms with Gasteiger partial charge in [0.25, 0.3) is 0 Å². The van der Waals surface area contributed by atoms with Crippen molar-refractivity contribution in [3.8, 4) is 11.4 Å². The molecule has 0 saturated carbocycles. The number of hydrogen-bond donors (Lipinski definition) is 2. The number of aromatic amines is 1. The summed E-state index contributed by atoms with van der Waals surface area (Å²) in [6.45, 7) is 4.13. The third-order valence-electron chi connectivity index (χ3n) is 6.32. The summed E-state index contributed by atoms with van der Waals surface area (Å²) in [7, 11) is 1.48. The minimum absolute atomic E-state index is 0.276. The van der Waals surface area contributed by atoms with Gasteiger partial charge < -0.3 is 5.11 Å². The summed E-state index contributed by atoms with van der Waals surface area (Å²) < 4.78 is 41.1. The van der Waals surface area contributed by atoms with E-state index in [0.29, 0.717) is 12.1 Å². The minimum Gasteiger partial charge on any atom is -0.389 e. The number of H-pyrrole nitrogens is 1. The monoisotopic (exact) mass is 467 g/mol. The number of aliphatic hydroxyl groups is 1. The smallest absolute Gasteiger partial charge is 0.389 e. The second-order valence-electron chi connectivity index (χ2n) is 8.63. The molecule has 1 aliphatic carbocycles. The fraction of sp³-hybridized carbons (Fsp3) is 0.320. The molecule has 6 nitrogen and oxygen atoms in total. The van der Waals surface area contributed by atoms with Gasteiger partial charge in [0.05, 0.1) is 28.5 Å². The van der Waals surface area contributed by atoms with Crippen LogP contribution in [0.4, 0.5) is 13.2 Å². The van der Waals surface area contributed by atoms with Crippen molar-refractivity contribution in [1.29, 1.82) is 0 Å². The Hall–Kier alpha value is -3.46. The minimum atomic E-state index is -4.54. The van der Waals surface area contributed by atoms with E-state index in [2.05, 4.69) is 22.2 Å². The van der Waals surface area contributed by atoms with Crippen molar-refractivity contribution in [1.82, 2.24) is 25.0 Å². The van der Waals surface area contributed by atoms with Crippen molar-refractivity contribution < 1.29 is 18.3 Å². The van der Waals surface area contributed by atoms with Crippen LogP contribution in [0.15, 0.2) is 36.4 Å². The highest BCUT2D eigenvalue weighted by Crippen LogP contribution is 2.39. The van der Waals surface area contributed by atoms with Gasteiger partial charge in [-0.05, 0) is 54.7 Å². The molecule has 0 radical (unpaired) electrons. The first kappa shape index (κ1) is 22.3. The molecule has 0 amide bonds. The van der Waals surface area contributed by atoms with Crippen LogP contribution in [-0.2, 0) is 19.6 Å². The lowest BCUT2D eigenvalue weighted by Gasteiger charge is -2.18. The van der Waals surface area contributed by atoms with E-state index >= 15 is 0 Å². The van der Waals surface area contributed by atoms with E-state index in [9.17, 15) is 18.3 Å². The molecule has 2 N–H and O–H groups in total. The molecule has 1 atom stereocenters. The number of nitrogens with one attached hydrogen (secondary N) is 1. The summed E-state index contributed by atoms with van der Waals surface area (Å²) in [5.74, 6) is 0. The summed E-state index contributed by atoms with van der Waals surface area (Å²) in [5, 5.41) is 22.4. The van der Waals surface area contributed by atoms with Gasteiger partial charge in [-0.3, -0.25) is 9.78 Å². The van der Waals surface area contributed by atoms with Crippen LogP contribution < -0.4 is 0 Å². The first-order valence-electron chi connectivity index (χ1n) is 11.2. The normalized spacial score (nSPS) is 16.6. The highest BCUT2D eigenvalue weighted by atomic mass is 19.4. The quantitative estimate of drug-likeness (QED) is 0.416. The molecule has 176 valence electrons. The maximum absolute atomic E-state index is 13.3. The molecule has 1 unspecified atom stereocenters. The lowest BCUT2D eigenvalue weighted by atomic mass is 9.91. The number of nitrogens with zero attached hydrogens (tertiary/aromatic N) is 4. The van der Waals surface area contributed by atoms with Gasteiger partial charge in [0.2, 0.25) is 0 Å². The van der Waals surface area contributed by atoms with E-state index in [-0.39, 0.29) is 5.69 Å². The van der Waals surface area contributed by atoms with Crippen LogP contribution in [0.5, 0.6) is 0 Å². The Morgan fingerprint density at radius 2 is 2.00 bits per heavy atom. The van der Waals surface area contributed by atoms with Gasteiger partial charge in [-0.1, -0.05) is 31.6 Å². The van der Waals surface area contributed by atoms with Gasteiger partial charge in [-0.15, -0.1) is 0 Å². The van der Waals surface area contributed by atoms with Crippen LogP contribution in [0.1, 0.15) is 42.3 Å². The molecule has 5 rings (SSSR count). The number of allylic oxidation sites excluding steroid dienone is 2. The predicted molar refractivity (Wildman–Crippen MR) is 125 cm³/mol. The fourth-order valence-corrected chi connectivity index (χ4v) is 4.68. The molecule has 1 aromatic carbocycles. The van der Waals surface area contributed by atoms with Gasteiger partial charge >= 0.3 is 6.18 Å². The third kappa shape index (κ3) is 3.60. The lowest BCUT2D eigenvalue weighted by Crippen LogP contribution is -2.07. The Kier molecular flexibility index (Phi) is 5.31. The maximum Gasteiger partial charge on any atom is 0.435 e. The van der Waals surface area contributed by atoms with Gasteiger partial charge in [-0.2, -0.15) is 23.4 Å². The largest absolute Gasteiger partial charge is 0.435 e. The Morgan fingerprint density at radius 3 is 2.65 bits per heavy atom. The molecule has 0 spiro atoms. The Labute approximate surface area is 193 Å². The SMILES string of the molecule is CCCc1c(C2=CCC(O)C=C2)nc2ccc3[nH]nc(-c4cc(C(F)(F)F)nn4C)c3c2c1C. The molecule has 0 saturated heterocycles. The highest BCUT2D eigenvalue weighted by Gasteiger charge is 2.35. The zero-order valence-corrected chi connectivity index (χ0v) is 19.0. The van der Waals surface area contributed by atoms with Crippen LogP contribution >= 0.6 is 0 Å². The Bertz CT molecular complexity index is 1480. The molecule has 0 fully saturated rings. The van der Waals surface area contributed by atoms with Crippen LogP contribution in [-0.4, -0.2) is 36.2 Å². The molecule has 3 aromatic heterocycles. The van der Waals surface area contributed by atoms with Crippen molar-refractivity contribution in [2.24, 2.45) is 7.05 Å². The molecule has 4 aromatic rings. The molecular formula is C25H24F3N5O. The number of aromatic nitrogens is 5. The summed E-state index contributed by atoms with van der Waals surface area (Å²) in [5.41, 5.74) is 5.13. The van der Waals surface area contributed by atoms with E-state index in [1.54, 1.807) is 6.08 Å². The Balaban J connectivity index is 1.79. The topological polar surface area (TPSA) is 79.6 Å². The van der Waals surface area contributed by atoms with E-state index in [4.69, 9.17) is 4.98 Å². The second-order valence-corrected chi connectivity index (χ2v) is 8.63. The molecule has 1 aliphatic rings. The number of alkyl halides is 3. The van der Waals surface area contributed by atoms with E-state index in [0.717, 1.165) is 63.1 Å². The van der Waals surface area contributed by atoms with E-state index in [1.165, 1.54) is 11.7 Å². The number of hydrogen-bond acceptors (Lipinski definition) is 4. The predicted octanol–water partition coefficient (Wildman–Crippen LogP) is 5.50. The highest BCUT2D eigenvalue weighted by molar-refractivity contribution is 6.13. The van der Waals surface area contributed by atoms with Crippen molar-refractivity contribution in [3.63, 3.8) is 0 Å². The fourth-order valence-electron chi connectivity index (χ4n) is 4.68. The number of fused-ring (bicyclic) bond motifs is 3. The zero-order valence-electron chi connectivity index (χ0n) is 19.0. The molecular weight excluding hydrogens is 443 g/mol. The van der Waals surface area contributed by atoms with Crippen molar-refractivity contribution in [2.75, 3.05) is 0 Å². The molecule has 9 heteroatoms. The van der Waals surface area contributed by atoms with Crippen LogP contribution in [0.2, 0.25) is 0 Å². The van der Waals surface area contributed by atoms with Crippen molar-refractivity contribution >= 4 is 27.4 Å². The number of pyridine rings is 1. The maximum atomic E-state index is 13.3. The molecule has 0 bridgehead atoms.